The molecule has 3 aromatic rings. The second-order valence-electron chi connectivity index (χ2n) is 8.41. The molecule has 0 spiro atoms. The molecule has 0 radical (unpaired) electrons. The maximum atomic E-state index is 12.7. The van der Waals surface area contributed by atoms with Gasteiger partial charge in [-0.15, -0.1) is 0 Å². The highest BCUT2D eigenvalue weighted by molar-refractivity contribution is 6.02. The molecule has 0 unspecified atom stereocenters. The Hall–Kier alpha value is -4.19. The van der Waals surface area contributed by atoms with E-state index < -0.39 is 17.5 Å². The van der Waals surface area contributed by atoms with Crippen molar-refractivity contribution in [1.29, 1.82) is 0 Å². The standard InChI is InChI=1S/C22H24N8O4/c1-22(2,11-31)30-19(32)15-5-6-23-9-17(15)29-21(33)34-20-18(27-14-7-24-12-25-8-14)26-10-16(28-20)13-3-4-13/h5-10,12-13,31H,3-4,11H2,1-2H3,(H,26,27)(H,29,33)(H,30,32). The summed E-state index contributed by atoms with van der Waals surface area (Å²) in [6.07, 6.45) is 9.99. The van der Waals surface area contributed by atoms with Crippen LogP contribution < -0.4 is 20.7 Å². The summed E-state index contributed by atoms with van der Waals surface area (Å²) in [6, 6.07) is 1.45. The third-order valence-corrected chi connectivity index (χ3v) is 4.92. The molecule has 0 atom stereocenters. The summed E-state index contributed by atoms with van der Waals surface area (Å²) in [5.74, 6) is -0.0144. The van der Waals surface area contributed by atoms with Crippen molar-refractivity contribution in [1.82, 2.24) is 30.2 Å². The van der Waals surface area contributed by atoms with Crippen LogP contribution in [0.4, 0.5) is 22.0 Å². The molecule has 3 heterocycles. The van der Waals surface area contributed by atoms with Crippen molar-refractivity contribution in [2.75, 3.05) is 17.2 Å². The van der Waals surface area contributed by atoms with E-state index in [0.717, 1.165) is 18.5 Å². The Morgan fingerprint density at radius 1 is 1.15 bits per heavy atom. The molecule has 34 heavy (non-hydrogen) atoms. The molecule has 1 aliphatic rings. The van der Waals surface area contributed by atoms with E-state index in [1.54, 1.807) is 32.4 Å². The monoisotopic (exact) mass is 464 g/mol. The molecule has 0 bridgehead atoms. The number of pyridine rings is 1. The summed E-state index contributed by atoms with van der Waals surface area (Å²) in [5.41, 5.74) is 0.713. The number of anilines is 3. The first-order valence-corrected chi connectivity index (χ1v) is 10.6. The lowest BCUT2D eigenvalue weighted by molar-refractivity contribution is 0.0870. The molecule has 176 valence electrons. The summed E-state index contributed by atoms with van der Waals surface area (Å²) in [5, 5.41) is 17.6. The summed E-state index contributed by atoms with van der Waals surface area (Å²) in [6.45, 7) is 3.09. The van der Waals surface area contributed by atoms with Gasteiger partial charge in [0.25, 0.3) is 11.8 Å². The fourth-order valence-electron chi connectivity index (χ4n) is 2.95. The fraction of sp³-hybridized carbons (Fsp3) is 0.318. The number of hydrogen-bond acceptors (Lipinski definition) is 10. The molecule has 0 aromatic carbocycles. The number of nitrogens with zero attached hydrogens (tertiary/aromatic N) is 5. The first-order chi connectivity index (χ1) is 16.3. The lowest BCUT2D eigenvalue weighted by Gasteiger charge is -2.24. The summed E-state index contributed by atoms with van der Waals surface area (Å²) >= 11 is 0. The zero-order valence-corrected chi connectivity index (χ0v) is 18.6. The van der Waals surface area contributed by atoms with E-state index in [0.29, 0.717) is 5.69 Å². The van der Waals surface area contributed by atoms with E-state index in [4.69, 9.17) is 4.74 Å². The van der Waals surface area contributed by atoms with Crippen molar-refractivity contribution in [2.45, 2.75) is 38.1 Å². The van der Waals surface area contributed by atoms with Crippen LogP contribution in [-0.4, -0.2) is 54.2 Å². The number of carbonyl (C=O) groups excluding carboxylic acids is 2. The van der Waals surface area contributed by atoms with E-state index >= 15 is 0 Å². The molecule has 4 N–H and O–H groups in total. The van der Waals surface area contributed by atoms with Gasteiger partial charge in [0.05, 0.1) is 59.6 Å². The van der Waals surface area contributed by atoms with Gasteiger partial charge in [0.15, 0.2) is 5.82 Å². The molecule has 0 saturated heterocycles. The van der Waals surface area contributed by atoms with Crippen molar-refractivity contribution in [2.24, 2.45) is 0 Å². The molecular weight excluding hydrogens is 440 g/mol. The predicted octanol–water partition coefficient (Wildman–Crippen LogP) is 2.39. The zero-order chi connectivity index (χ0) is 24.1. The van der Waals surface area contributed by atoms with E-state index in [9.17, 15) is 14.7 Å². The van der Waals surface area contributed by atoms with Gasteiger partial charge in [0.1, 0.15) is 6.33 Å². The highest BCUT2D eigenvalue weighted by atomic mass is 16.6. The summed E-state index contributed by atoms with van der Waals surface area (Å²) in [7, 11) is 0. The number of nitrogens with one attached hydrogen (secondary N) is 3. The number of rotatable bonds is 8. The molecule has 1 fully saturated rings. The van der Waals surface area contributed by atoms with Gasteiger partial charge < -0.3 is 20.5 Å². The van der Waals surface area contributed by atoms with Crippen molar-refractivity contribution in [3.63, 3.8) is 0 Å². The highest BCUT2D eigenvalue weighted by Crippen LogP contribution is 2.40. The molecule has 4 rings (SSSR count). The normalized spacial score (nSPS) is 13.1. The van der Waals surface area contributed by atoms with Crippen LogP contribution in [0.25, 0.3) is 0 Å². The SMILES string of the molecule is CC(C)(CO)NC(=O)c1ccncc1NC(=O)Oc1nc(C2CC2)cnc1Nc1cncnc1. The number of ether oxygens (including phenoxy) is 1. The molecule has 1 aliphatic carbocycles. The molecule has 12 heteroatoms. The predicted molar refractivity (Wildman–Crippen MR) is 122 cm³/mol. The topological polar surface area (TPSA) is 164 Å². The third-order valence-electron chi connectivity index (χ3n) is 4.92. The number of amides is 2. The van der Waals surface area contributed by atoms with Crippen molar-refractivity contribution in [3.05, 3.63) is 54.6 Å². The van der Waals surface area contributed by atoms with E-state index in [-0.39, 0.29) is 35.5 Å². The van der Waals surface area contributed by atoms with Crippen LogP contribution in [0.1, 0.15) is 48.7 Å². The third kappa shape index (κ3) is 5.78. The Bertz CT molecular complexity index is 1180. The lowest BCUT2D eigenvalue weighted by atomic mass is 10.1. The Morgan fingerprint density at radius 3 is 2.62 bits per heavy atom. The Labute approximate surface area is 195 Å². The second-order valence-corrected chi connectivity index (χ2v) is 8.41. The first-order valence-electron chi connectivity index (χ1n) is 10.6. The van der Waals surface area contributed by atoms with Gasteiger partial charge in [-0.1, -0.05) is 0 Å². The Morgan fingerprint density at radius 2 is 1.91 bits per heavy atom. The molecule has 12 nitrogen and oxygen atoms in total. The van der Waals surface area contributed by atoms with Gasteiger partial charge >= 0.3 is 6.09 Å². The van der Waals surface area contributed by atoms with E-state index in [2.05, 4.69) is 40.9 Å². The van der Waals surface area contributed by atoms with Crippen LogP contribution in [-0.2, 0) is 0 Å². The Kier molecular flexibility index (Phi) is 6.59. The number of hydrogen-bond donors (Lipinski definition) is 4. The Balaban J connectivity index is 1.53. The van der Waals surface area contributed by atoms with E-state index in [1.807, 2.05) is 0 Å². The average molecular weight is 464 g/mol. The minimum atomic E-state index is -0.877. The van der Waals surface area contributed by atoms with Gasteiger partial charge in [-0.05, 0) is 32.8 Å². The van der Waals surface area contributed by atoms with Gasteiger partial charge in [-0.2, -0.15) is 0 Å². The fourth-order valence-corrected chi connectivity index (χ4v) is 2.95. The van der Waals surface area contributed by atoms with Crippen LogP contribution >= 0.6 is 0 Å². The van der Waals surface area contributed by atoms with Crippen molar-refractivity contribution in [3.8, 4) is 5.88 Å². The van der Waals surface area contributed by atoms with Crippen LogP contribution in [0.5, 0.6) is 5.88 Å². The lowest BCUT2D eigenvalue weighted by Crippen LogP contribution is -2.46. The summed E-state index contributed by atoms with van der Waals surface area (Å²) < 4.78 is 5.47. The number of aliphatic hydroxyl groups is 1. The molecule has 0 aliphatic heterocycles. The quantitative estimate of drug-likeness (QED) is 0.389. The molecule has 2 amide bonds. The minimum Gasteiger partial charge on any atom is -0.394 e. The number of aromatic nitrogens is 5. The van der Waals surface area contributed by atoms with Crippen LogP contribution in [0.3, 0.4) is 0 Å². The van der Waals surface area contributed by atoms with Gasteiger partial charge in [-0.3, -0.25) is 15.1 Å². The first kappa shape index (κ1) is 23.0. The molecular formula is C22H24N8O4. The zero-order valence-electron chi connectivity index (χ0n) is 18.6. The molecule has 3 aromatic heterocycles. The van der Waals surface area contributed by atoms with Crippen molar-refractivity contribution >= 4 is 29.2 Å². The number of aliphatic hydroxyl groups excluding tert-OH is 1. The average Bonchev–Trinajstić information content (AvgIpc) is 3.66. The highest BCUT2D eigenvalue weighted by Gasteiger charge is 2.28. The number of carbonyl (C=O) groups is 2. The van der Waals surface area contributed by atoms with Crippen LogP contribution in [0.15, 0.2) is 43.4 Å². The van der Waals surface area contributed by atoms with Crippen LogP contribution in [0.2, 0.25) is 0 Å². The largest absolute Gasteiger partial charge is 0.418 e. The minimum absolute atomic E-state index is 0.0259. The van der Waals surface area contributed by atoms with E-state index in [1.165, 1.54) is 24.8 Å². The smallest absolute Gasteiger partial charge is 0.394 e. The summed E-state index contributed by atoms with van der Waals surface area (Å²) in [4.78, 5) is 46.1. The second kappa shape index (κ2) is 9.75. The van der Waals surface area contributed by atoms with Crippen LogP contribution in [0, 0.1) is 0 Å². The van der Waals surface area contributed by atoms with Gasteiger partial charge in [0, 0.05) is 12.1 Å². The van der Waals surface area contributed by atoms with Gasteiger partial charge in [0.2, 0.25) is 0 Å². The van der Waals surface area contributed by atoms with Gasteiger partial charge in [-0.25, -0.2) is 24.7 Å². The molecule has 1 saturated carbocycles. The van der Waals surface area contributed by atoms with Crippen molar-refractivity contribution < 1.29 is 19.4 Å². The maximum Gasteiger partial charge on any atom is 0.418 e. The maximum absolute atomic E-state index is 12.7.